The lowest BCUT2D eigenvalue weighted by Gasteiger charge is -2.25. The summed E-state index contributed by atoms with van der Waals surface area (Å²) in [7, 11) is 0. The predicted molar refractivity (Wildman–Crippen MR) is 129 cm³/mol. The molecule has 0 saturated carbocycles. The third-order valence-corrected chi connectivity index (χ3v) is 5.77. The van der Waals surface area contributed by atoms with Crippen molar-refractivity contribution in [3.8, 4) is 5.75 Å². The Morgan fingerprint density at radius 2 is 1.74 bits per heavy atom. The molecule has 1 aliphatic heterocycles. The number of hydrazone groups is 1. The molecule has 3 amide bonds. The fourth-order valence-electron chi connectivity index (χ4n) is 3.14. The van der Waals surface area contributed by atoms with Crippen LogP contribution in [0.2, 0.25) is 0 Å². The minimum atomic E-state index is -0.464. The molecule has 1 saturated heterocycles. The van der Waals surface area contributed by atoms with Gasteiger partial charge in [-0.15, -0.1) is 11.3 Å². The first-order chi connectivity index (χ1) is 16.6. The molecular weight excluding hydrogens is 456 g/mol. The Morgan fingerprint density at radius 1 is 0.971 bits per heavy atom. The number of amides is 3. The van der Waals surface area contributed by atoms with E-state index >= 15 is 0 Å². The molecule has 3 aromatic rings. The quantitative estimate of drug-likeness (QED) is 0.416. The molecule has 2 N–H and O–H groups in total. The number of thiophene rings is 1. The highest BCUT2D eigenvalue weighted by Gasteiger charge is 2.18. The van der Waals surface area contributed by atoms with Crippen LogP contribution in [-0.4, -0.2) is 55.3 Å². The second kappa shape index (κ2) is 11.2. The SMILES string of the molecule is O=C(Nc1ccccc1C(=O)N/N=C\c1ccc(OC(=O)N2CCOCC2)cc1)c1cccs1. The predicted octanol–water partition coefficient (Wildman–Crippen LogP) is 3.60. The molecule has 1 aromatic heterocycles. The first kappa shape index (κ1) is 23.1. The summed E-state index contributed by atoms with van der Waals surface area (Å²) in [6.45, 7) is 2.01. The smallest absolute Gasteiger partial charge is 0.410 e. The zero-order chi connectivity index (χ0) is 23.8. The Bertz CT molecular complexity index is 1170. The molecule has 0 atom stereocenters. The summed E-state index contributed by atoms with van der Waals surface area (Å²) < 4.78 is 10.6. The first-order valence-electron chi connectivity index (χ1n) is 10.5. The molecule has 1 aliphatic rings. The molecule has 1 fully saturated rings. The van der Waals surface area contributed by atoms with Gasteiger partial charge in [0.15, 0.2) is 0 Å². The van der Waals surface area contributed by atoms with Crippen LogP contribution in [-0.2, 0) is 4.74 Å². The van der Waals surface area contributed by atoms with Crippen LogP contribution >= 0.6 is 11.3 Å². The third kappa shape index (κ3) is 6.06. The molecule has 0 unspecified atom stereocenters. The Morgan fingerprint density at radius 3 is 2.47 bits per heavy atom. The number of hydrogen-bond acceptors (Lipinski definition) is 7. The molecule has 0 radical (unpaired) electrons. The Kier molecular flexibility index (Phi) is 7.63. The van der Waals surface area contributed by atoms with E-state index in [0.29, 0.717) is 48.2 Å². The molecule has 4 rings (SSSR count). The van der Waals surface area contributed by atoms with Gasteiger partial charge in [-0.1, -0.05) is 18.2 Å². The van der Waals surface area contributed by atoms with Crippen molar-refractivity contribution in [3.05, 3.63) is 82.0 Å². The average Bonchev–Trinajstić information content (AvgIpc) is 3.41. The van der Waals surface area contributed by atoms with Gasteiger partial charge in [0.1, 0.15) is 5.75 Å². The van der Waals surface area contributed by atoms with Gasteiger partial charge in [0.2, 0.25) is 0 Å². The van der Waals surface area contributed by atoms with Crippen molar-refractivity contribution in [2.75, 3.05) is 31.6 Å². The van der Waals surface area contributed by atoms with Gasteiger partial charge in [0.05, 0.1) is 35.6 Å². The molecule has 2 aromatic carbocycles. The van der Waals surface area contributed by atoms with E-state index in [1.165, 1.54) is 17.6 Å². The van der Waals surface area contributed by atoms with Crippen molar-refractivity contribution in [1.82, 2.24) is 10.3 Å². The Hall–Kier alpha value is -4.02. The first-order valence-corrected chi connectivity index (χ1v) is 11.4. The summed E-state index contributed by atoms with van der Waals surface area (Å²) in [6.07, 6.45) is 1.06. The third-order valence-electron chi connectivity index (χ3n) is 4.90. The van der Waals surface area contributed by atoms with Crippen molar-refractivity contribution in [3.63, 3.8) is 0 Å². The number of nitrogens with one attached hydrogen (secondary N) is 2. The molecule has 0 spiro atoms. The second-order valence-electron chi connectivity index (χ2n) is 7.21. The van der Waals surface area contributed by atoms with Crippen molar-refractivity contribution in [2.45, 2.75) is 0 Å². The van der Waals surface area contributed by atoms with Crippen LogP contribution in [0.3, 0.4) is 0 Å². The summed E-state index contributed by atoms with van der Waals surface area (Å²) >= 11 is 1.32. The standard InChI is InChI=1S/C24H22N4O5S/c29-22(19-4-1-2-5-20(19)26-23(30)21-6-3-15-34-21)27-25-16-17-7-9-18(10-8-17)33-24(31)28-11-13-32-14-12-28/h1-10,15-16H,11-14H2,(H,26,30)(H,27,29)/b25-16-. The number of para-hydroxylation sites is 1. The number of ether oxygens (including phenoxy) is 2. The molecule has 0 bridgehead atoms. The highest BCUT2D eigenvalue weighted by Crippen LogP contribution is 2.18. The molecule has 10 heteroatoms. The topological polar surface area (TPSA) is 109 Å². The van der Waals surface area contributed by atoms with Crippen LogP contribution in [0, 0.1) is 0 Å². The van der Waals surface area contributed by atoms with Crippen molar-refractivity contribution < 1.29 is 23.9 Å². The maximum Gasteiger partial charge on any atom is 0.415 e. The molecule has 34 heavy (non-hydrogen) atoms. The van der Waals surface area contributed by atoms with Crippen molar-refractivity contribution in [2.24, 2.45) is 5.10 Å². The van der Waals surface area contributed by atoms with Crippen LogP contribution in [0.25, 0.3) is 0 Å². The highest BCUT2D eigenvalue weighted by atomic mass is 32.1. The lowest BCUT2D eigenvalue weighted by atomic mass is 10.1. The van der Waals surface area contributed by atoms with Gasteiger partial charge < -0.3 is 19.7 Å². The highest BCUT2D eigenvalue weighted by molar-refractivity contribution is 7.12. The summed E-state index contributed by atoms with van der Waals surface area (Å²) in [5, 5.41) is 8.55. The van der Waals surface area contributed by atoms with Crippen LogP contribution < -0.4 is 15.5 Å². The number of morpholine rings is 1. The van der Waals surface area contributed by atoms with E-state index < -0.39 is 12.0 Å². The van der Waals surface area contributed by atoms with Gasteiger partial charge in [0, 0.05) is 13.1 Å². The average molecular weight is 479 g/mol. The number of carbonyl (C=O) groups is 3. The van der Waals surface area contributed by atoms with Gasteiger partial charge in [-0.3, -0.25) is 9.59 Å². The van der Waals surface area contributed by atoms with E-state index in [-0.39, 0.29) is 11.5 Å². The second-order valence-corrected chi connectivity index (χ2v) is 8.16. The number of hydrogen-bond donors (Lipinski definition) is 2. The molecule has 174 valence electrons. The number of carbonyl (C=O) groups excluding carboxylic acids is 3. The van der Waals surface area contributed by atoms with Gasteiger partial charge >= 0.3 is 6.09 Å². The largest absolute Gasteiger partial charge is 0.415 e. The number of benzene rings is 2. The van der Waals surface area contributed by atoms with E-state index in [2.05, 4.69) is 15.8 Å². The van der Waals surface area contributed by atoms with Crippen LogP contribution in [0.1, 0.15) is 25.6 Å². The van der Waals surface area contributed by atoms with Gasteiger partial charge in [-0.2, -0.15) is 5.10 Å². The van der Waals surface area contributed by atoms with Crippen LogP contribution in [0.5, 0.6) is 5.75 Å². The van der Waals surface area contributed by atoms with E-state index in [9.17, 15) is 14.4 Å². The summed E-state index contributed by atoms with van der Waals surface area (Å²) in [5.74, 6) is -0.337. The lowest BCUT2D eigenvalue weighted by molar-refractivity contribution is 0.0416. The van der Waals surface area contributed by atoms with Crippen LogP contribution in [0.15, 0.2) is 71.1 Å². The number of rotatable bonds is 6. The maximum absolute atomic E-state index is 12.6. The van der Waals surface area contributed by atoms with Gasteiger partial charge in [-0.25, -0.2) is 10.2 Å². The normalized spacial score (nSPS) is 13.5. The fraction of sp³-hybridized carbons (Fsp3) is 0.167. The van der Waals surface area contributed by atoms with E-state index in [1.54, 1.807) is 65.6 Å². The summed E-state index contributed by atoms with van der Waals surface area (Å²) in [4.78, 5) is 39.2. The maximum atomic E-state index is 12.6. The molecule has 2 heterocycles. The zero-order valence-corrected chi connectivity index (χ0v) is 18.9. The molecule has 0 aliphatic carbocycles. The fourth-order valence-corrected chi connectivity index (χ4v) is 3.76. The van der Waals surface area contributed by atoms with Crippen molar-refractivity contribution in [1.29, 1.82) is 0 Å². The van der Waals surface area contributed by atoms with E-state index in [0.717, 1.165) is 0 Å². The van der Waals surface area contributed by atoms with Crippen molar-refractivity contribution >= 4 is 41.1 Å². The van der Waals surface area contributed by atoms with Gasteiger partial charge in [0.25, 0.3) is 11.8 Å². The Balaban J connectivity index is 1.32. The minimum absolute atomic E-state index is 0.284. The van der Waals surface area contributed by atoms with Crippen LogP contribution in [0.4, 0.5) is 10.5 Å². The molecule has 9 nitrogen and oxygen atoms in total. The van der Waals surface area contributed by atoms with Gasteiger partial charge in [-0.05, 0) is 53.4 Å². The zero-order valence-electron chi connectivity index (χ0n) is 18.1. The molecular formula is C24H22N4O5S. The number of nitrogens with zero attached hydrogens (tertiary/aromatic N) is 2. The Labute approximate surface area is 200 Å². The van der Waals surface area contributed by atoms with E-state index in [4.69, 9.17) is 9.47 Å². The minimum Gasteiger partial charge on any atom is -0.410 e. The monoisotopic (exact) mass is 478 g/mol. The lowest BCUT2D eigenvalue weighted by Crippen LogP contribution is -2.42. The number of anilines is 1. The van der Waals surface area contributed by atoms with E-state index in [1.807, 2.05) is 5.38 Å². The summed E-state index contributed by atoms with van der Waals surface area (Å²) in [5.41, 5.74) is 3.84. The summed E-state index contributed by atoms with van der Waals surface area (Å²) in [6, 6.07) is 16.9.